The third kappa shape index (κ3) is 4.68. The van der Waals surface area contributed by atoms with Gasteiger partial charge in [-0.25, -0.2) is 4.98 Å². The standard InChI is InChI=1S/C17H29N3O/c1-4-8-18-11-15-10-14(3)17(19-12-15)20-9-6-7-16(13-20)21-5-2/h10,12,16,18H,4-9,11,13H2,1-3H3. The molecule has 0 bridgehead atoms. The van der Waals surface area contributed by atoms with Crippen LogP contribution in [-0.2, 0) is 11.3 Å². The fraction of sp³-hybridized carbons (Fsp3) is 0.706. The summed E-state index contributed by atoms with van der Waals surface area (Å²) in [5.74, 6) is 1.12. The number of nitrogens with one attached hydrogen (secondary N) is 1. The van der Waals surface area contributed by atoms with Gasteiger partial charge in [0.15, 0.2) is 0 Å². The minimum atomic E-state index is 0.357. The molecule has 0 spiro atoms. The first-order chi connectivity index (χ1) is 10.2. The summed E-state index contributed by atoms with van der Waals surface area (Å²) in [7, 11) is 0. The van der Waals surface area contributed by atoms with E-state index in [1.807, 2.05) is 6.20 Å². The van der Waals surface area contributed by atoms with Gasteiger partial charge in [-0.05, 0) is 56.8 Å². The van der Waals surface area contributed by atoms with Gasteiger partial charge in [0.2, 0.25) is 0 Å². The molecular formula is C17H29N3O. The highest BCUT2D eigenvalue weighted by molar-refractivity contribution is 5.47. The van der Waals surface area contributed by atoms with Crippen LogP contribution in [0.1, 0.15) is 44.2 Å². The molecule has 0 saturated carbocycles. The first-order valence-corrected chi connectivity index (χ1v) is 8.27. The molecule has 0 radical (unpaired) electrons. The number of ether oxygens (including phenoxy) is 1. The molecule has 1 fully saturated rings. The van der Waals surface area contributed by atoms with E-state index in [1.54, 1.807) is 0 Å². The molecule has 0 amide bonds. The van der Waals surface area contributed by atoms with Crippen LogP contribution in [-0.4, -0.2) is 37.3 Å². The summed E-state index contributed by atoms with van der Waals surface area (Å²) in [5, 5.41) is 3.43. The number of pyridine rings is 1. The monoisotopic (exact) mass is 291 g/mol. The van der Waals surface area contributed by atoms with Crippen molar-refractivity contribution in [2.75, 3.05) is 31.1 Å². The number of aromatic nitrogens is 1. The molecule has 1 aromatic heterocycles. The minimum absolute atomic E-state index is 0.357. The molecule has 1 aliphatic rings. The summed E-state index contributed by atoms with van der Waals surface area (Å²) in [6.45, 7) is 11.2. The van der Waals surface area contributed by atoms with Crippen molar-refractivity contribution < 1.29 is 4.74 Å². The van der Waals surface area contributed by atoms with Crippen LogP contribution in [0.4, 0.5) is 5.82 Å². The summed E-state index contributed by atoms with van der Waals surface area (Å²) in [4.78, 5) is 7.08. The molecule has 118 valence electrons. The SMILES string of the molecule is CCCNCc1cnc(N2CCCC(OCC)C2)c(C)c1. The lowest BCUT2D eigenvalue weighted by atomic mass is 10.1. The number of hydrogen-bond donors (Lipinski definition) is 1. The Morgan fingerprint density at radius 2 is 2.29 bits per heavy atom. The molecule has 1 unspecified atom stereocenters. The molecule has 4 heteroatoms. The molecule has 1 aliphatic heterocycles. The van der Waals surface area contributed by atoms with Crippen LogP contribution >= 0.6 is 0 Å². The van der Waals surface area contributed by atoms with Crippen LogP contribution in [0.5, 0.6) is 0 Å². The maximum Gasteiger partial charge on any atom is 0.131 e. The fourth-order valence-electron chi connectivity index (χ4n) is 2.97. The Balaban J connectivity index is 1.99. The van der Waals surface area contributed by atoms with Gasteiger partial charge < -0.3 is 15.0 Å². The zero-order valence-electron chi connectivity index (χ0n) is 13.7. The van der Waals surface area contributed by atoms with E-state index < -0.39 is 0 Å². The first kappa shape index (κ1) is 16.2. The van der Waals surface area contributed by atoms with Crippen LogP contribution in [0.25, 0.3) is 0 Å². The quantitative estimate of drug-likeness (QED) is 0.784. The summed E-state index contributed by atoms with van der Waals surface area (Å²) >= 11 is 0. The van der Waals surface area contributed by atoms with Gasteiger partial charge in [0.1, 0.15) is 5.82 Å². The van der Waals surface area contributed by atoms with Crippen LogP contribution in [0.3, 0.4) is 0 Å². The molecule has 0 aliphatic carbocycles. The van der Waals surface area contributed by atoms with E-state index in [0.717, 1.165) is 45.0 Å². The van der Waals surface area contributed by atoms with Crippen molar-refractivity contribution in [1.29, 1.82) is 0 Å². The van der Waals surface area contributed by atoms with Crippen molar-refractivity contribution >= 4 is 5.82 Å². The number of nitrogens with zero attached hydrogens (tertiary/aromatic N) is 2. The highest BCUT2D eigenvalue weighted by Gasteiger charge is 2.22. The molecule has 0 aromatic carbocycles. The lowest BCUT2D eigenvalue weighted by Crippen LogP contribution is -2.40. The van der Waals surface area contributed by atoms with Crippen molar-refractivity contribution in [2.24, 2.45) is 0 Å². The second-order valence-electron chi connectivity index (χ2n) is 5.83. The van der Waals surface area contributed by atoms with Crippen molar-refractivity contribution in [3.05, 3.63) is 23.4 Å². The predicted octanol–water partition coefficient (Wildman–Crippen LogP) is 2.89. The Morgan fingerprint density at radius 3 is 3.00 bits per heavy atom. The lowest BCUT2D eigenvalue weighted by molar-refractivity contribution is 0.0525. The summed E-state index contributed by atoms with van der Waals surface area (Å²) in [6.07, 6.45) is 5.89. The Kier molecular flexibility index (Phi) is 6.46. The van der Waals surface area contributed by atoms with Crippen molar-refractivity contribution in [1.82, 2.24) is 10.3 Å². The van der Waals surface area contributed by atoms with Gasteiger partial charge in [-0.15, -0.1) is 0 Å². The maximum atomic E-state index is 5.78. The van der Waals surface area contributed by atoms with E-state index in [4.69, 9.17) is 9.72 Å². The lowest BCUT2D eigenvalue weighted by Gasteiger charge is -2.34. The Labute approximate surface area is 128 Å². The van der Waals surface area contributed by atoms with Crippen LogP contribution in [0, 0.1) is 6.92 Å². The molecular weight excluding hydrogens is 262 g/mol. The largest absolute Gasteiger partial charge is 0.377 e. The maximum absolute atomic E-state index is 5.78. The molecule has 4 nitrogen and oxygen atoms in total. The molecule has 1 aromatic rings. The fourth-order valence-corrected chi connectivity index (χ4v) is 2.97. The van der Waals surface area contributed by atoms with Gasteiger partial charge in [0.25, 0.3) is 0 Å². The van der Waals surface area contributed by atoms with Gasteiger partial charge in [-0.3, -0.25) is 0 Å². The normalized spacial score (nSPS) is 19.0. The number of hydrogen-bond acceptors (Lipinski definition) is 4. The number of piperidine rings is 1. The third-order valence-corrected chi connectivity index (χ3v) is 3.94. The molecule has 2 rings (SSSR count). The van der Waals surface area contributed by atoms with Gasteiger partial charge in [-0.2, -0.15) is 0 Å². The van der Waals surface area contributed by atoms with Crippen LogP contribution in [0.2, 0.25) is 0 Å². The number of rotatable bonds is 7. The summed E-state index contributed by atoms with van der Waals surface area (Å²) < 4.78 is 5.78. The number of anilines is 1. The Hall–Kier alpha value is -1.13. The van der Waals surface area contributed by atoms with Crippen molar-refractivity contribution in [2.45, 2.75) is 52.7 Å². The Bertz CT molecular complexity index is 434. The van der Waals surface area contributed by atoms with Crippen LogP contribution < -0.4 is 10.2 Å². The predicted molar refractivity (Wildman–Crippen MR) is 87.8 cm³/mol. The van der Waals surface area contributed by atoms with Crippen LogP contribution in [0.15, 0.2) is 12.3 Å². The van der Waals surface area contributed by atoms with E-state index in [1.165, 1.54) is 24.0 Å². The summed E-state index contributed by atoms with van der Waals surface area (Å²) in [5.41, 5.74) is 2.53. The van der Waals surface area contributed by atoms with Gasteiger partial charge in [-0.1, -0.05) is 6.92 Å². The first-order valence-electron chi connectivity index (χ1n) is 8.27. The smallest absolute Gasteiger partial charge is 0.131 e. The van der Waals surface area contributed by atoms with Crippen molar-refractivity contribution in [3.63, 3.8) is 0 Å². The second kappa shape index (κ2) is 8.35. The van der Waals surface area contributed by atoms with Gasteiger partial charge in [0.05, 0.1) is 6.10 Å². The Morgan fingerprint density at radius 1 is 1.43 bits per heavy atom. The van der Waals surface area contributed by atoms with Gasteiger partial charge in [0, 0.05) is 32.4 Å². The van der Waals surface area contributed by atoms with E-state index in [2.05, 4.69) is 37.1 Å². The highest BCUT2D eigenvalue weighted by atomic mass is 16.5. The molecule has 2 heterocycles. The van der Waals surface area contributed by atoms with E-state index in [9.17, 15) is 0 Å². The van der Waals surface area contributed by atoms with E-state index >= 15 is 0 Å². The van der Waals surface area contributed by atoms with E-state index in [-0.39, 0.29) is 0 Å². The van der Waals surface area contributed by atoms with Crippen molar-refractivity contribution in [3.8, 4) is 0 Å². The van der Waals surface area contributed by atoms with E-state index in [0.29, 0.717) is 6.10 Å². The molecule has 1 N–H and O–H groups in total. The zero-order valence-corrected chi connectivity index (χ0v) is 13.7. The minimum Gasteiger partial charge on any atom is -0.377 e. The molecule has 1 saturated heterocycles. The average molecular weight is 291 g/mol. The second-order valence-corrected chi connectivity index (χ2v) is 5.83. The topological polar surface area (TPSA) is 37.4 Å². The third-order valence-electron chi connectivity index (χ3n) is 3.94. The summed E-state index contributed by atoms with van der Waals surface area (Å²) in [6, 6.07) is 2.26. The van der Waals surface area contributed by atoms with Gasteiger partial charge >= 0.3 is 0 Å². The average Bonchev–Trinajstić information content (AvgIpc) is 2.48. The molecule has 1 atom stereocenters. The zero-order chi connectivity index (χ0) is 15.1. The molecule has 21 heavy (non-hydrogen) atoms. The number of aryl methyl sites for hydroxylation is 1. The highest BCUT2D eigenvalue weighted by Crippen LogP contribution is 2.23.